The fourth-order valence-electron chi connectivity index (χ4n) is 4.51. The first-order valence-electron chi connectivity index (χ1n) is 11.7. The van der Waals surface area contributed by atoms with Gasteiger partial charge in [0.2, 0.25) is 0 Å². The molecule has 4 atom stereocenters. The number of nitrogens with zero attached hydrogens (tertiary/aromatic N) is 6. The maximum atomic E-state index is 13.7. The van der Waals surface area contributed by atoms with Gasteiger partial charge in [0, 0.05) is 30.9 Å². The van der Waals surface area contributed by atoms with E-state index in [1.807, 2.05) is 24.4 Å². The minimum absolute atomic E-state index is 0.0212. The van der Waals surface area contributed by atoms with Crippen molar-refractivity contribution in [3.05, 3.63) is 76.6 Å². The Morgan fingerprint density at radius 1 is 1.18 bits per heavy atom. The molecule has 1 aliphatic heterocycles. The standard InChI is InChI=1S/C25H24F3N7O3/c1-13-5-16(4-3-14(13)9-29-2)34-12-30-32-25(34)21-8-20(24(37)22(11-36)38-21)35-10-19(31-33-35)15-6-17(26)23(28)18(27)7-15/h3-7,9-10,12,20-22,24,29,36-37H,1,8,11H2,2H3/b14-9-. The van der Waals surface area contributed by atoms with Crippen molar-refractivity contribution in [3.8, 4) is 16.9 Å². The smallest absolute Gasteiger partial charge is 0.194 e. The number of aliphatic hydroxyl groups excluding tert-OH is 2. The summed E-state index contributed by atoms with van der Waals surface area (Å²) in [6.07, 6.45) is 1.99. The van der Waals surface area contributed by atoms with E-state index in [1.165, 1.54) is 17.2 Å². The second-order valence-electron chi connectivity index (χ2n) is 8.85. The van der Waals surface area contributed by atoms with Gasteiger partial charge in [-0.2, -0.15) is 0 Å². The quantitative estimate of drug-likeness (QED) is 0.314. The number of hydrogen-bond donors (Lipinski definition) is 3. The summed E-state index contributed by atoms with van der Waals surface area (Å²) in [7, 11) is 1.79. The van der Waals surface area contributed by atoms with Crippen molar-refractivity contribution >= 4 is 12.8 Å². The number of benzene rings is 2. The fraction of sp³-hybridized carbons (Fsp3) is 0.280. The van der Waals surface area contributed by atoms with Crippen LogP contribution in [0.25, 0.3) is 29.7 Å². The number of aromatic nitrogens is 6. The van der Waals surface area contributed by atoms with Crippen molar-refractivity contribution in [2.75, 3.05) is 13.7 Å². The van der Waals surface area contributed by atoms with Crippen LogP contribution in [0.1, 0.15) is 24.4 Å². The Kier molecular flexibility index (Phi) is 6.97. The molecule has 0 amide bonds. The predicted octanol–water partition coefficient (Wildman–Crippen LogP) is 0.735. The van der Waals surface area contributed by atoms with Crippen molar-refractivity contribution in [3.63, 3.8) is 0 Å². The van der Waals surface area contributed by atoms with Gasteiger partial charge < -0.3 is 20.3 Å². The molecule has 0 saturated carbocycles. The van der Waals surface area contributed by atoms with E-state index in [-0.39, 0.29) is 17.7 Å². The Bertz CT molecular complexity index is 1550. The lowest BCUT2D eigenvalue weighted by Crippen LogP contribution is -2.45. The van der Waals surface area contributed by atoms with E-state index in [9.17, 15) is 23.4 Å². The molecule has 0 aliphatic carbocycles. The van der Waals surface area contributed by atoms with Crippen molar-refractivity contribution in [2.45, 2.75) is 30.8 Å². The molecule has 0 radical (unpaired) electrons. The zero-order valence-corrected chi connectivity index (χ0v) is 20.2. The van der Waals surface area contributed by atoms with Crippen LogP contribution in [0.5, 0.6) is 0 Å². The normalized spacial score (nSPS) is 22.1. The molecular weight excluding hydrogens is 503 g/mol. The molecule has 5 rings (SSSR count). The number of aliphatic hydroxyl groups is 2. The Morgan fingerprint density at radius 3 is 2.63 bits per heavy atom. The number of halogens is 3. The highest BCUT2D eigenvalue weighted by Crippen LogP contribution is 2.37. The molecular formula is C25H24F3N7O3. The average molecular weight is 528 g/mol. The van der Waals surface area contributed by atoms with E-state index in [1.54, 1.807) is 11.6 Å². The second kappa shape index (κ2) is 10.4. The maximum absolute atomic E-state index is 13.7. The summed E-state index contributed by atoms with van der Waals surface area (Å²) >= 11 is 0. The van der Waals surface area contributed by atoms with Crippen LogP contribution < -0.4 is 15.8 Å². The molecule has 2 aromatic carbocycles. The number of nitrogens with one attached hydrogen (secondary N) is 1. The third kappa shape index (κ3) is 4.66. The maximum Gasteiger partial charge on any atom is 0.194 e. The highest BCUT2D eigenvalue weighted by Gasteiger charge is 2.41. The van der Waals surface area contributed by atoms with Gasteiger partial charge in [0.15, 0.2) is 23.3 Å². The molecule has 0 bridgehead atoms. The zero-order valence-electron chi connectivity index (χ0n) is 20.2. The summed E-state index contributed by atoms with van der Waals surface area (Å²) < 4.78 is 49.9. The Balaban J connectivity index is 1.47. The topological polar surface area (TPSA) is 123 Å². The van der Waals surface area contributed by atoms with Crippen LogP contribution in [0.3, 0.4) is 0 Å². The monoisotopic (exact) mass is 527 g/mol. The molecule has 3 N–H and O–H groups in total. The summed E-state index contributed by atoms with van der Waals surface area (Å²) in [5.41, 5.74) is 0.786. The molecule has 1 aliphatic rings. The van der Waals surface area contributed by atoms with E-state index in [2.05, 4.69) is 32.4 Å². The molecule has 38 heavy (non-hydrogen) atoms. The predicted molar refractivity (Wildman–Crippen MR) is 129 cm³/mol. The fourth-order valence-corrected chi connectivity index (χ4v) is 4.51. The van der Waals surface area contributed by atoms with Crippen LogP contribution in [0.4, 0.5) is 13.2 Å². The molecule has 1 saturated heterocycles. The highest BCUT2D eigenvalue weighted by molar-refractivity contribution is 5.58. The lowest BCUT2D eigenvalue weighted by Gasteiger charge is -2.38. The lowest BCUT2D eigenvalue weighted by atomic mass is 9.95. The van der Waals surface area contributed by atoms with Crippen molar-refractivity contribution in [1.29, 1.82) is 0 Å². The van der Waals surface area contributed by atoms with Crippen LogP contribution in [0.15, 0.2) is 42.9 Å². The summed E-state index contributed by atoms with van der Waals surface area (Å²) in [4.78, 5) is 0. The number of hydrogen-bond acceptors (Lipinski definition) is 8. The molecule has 0 spiro atoms. The summed E-state index contributed by atoms with van der Waals surface area (Å²) in [6.45, 7) is 3.58. The van der Waals surface area contributed by atoms with Gasteiger partial charge in [-0.05, 0) is 34.7 Å². The van der Waals surface area contributed by atoms with E-state index in [0.29, 0.717) is 5.82 Å². The van der Waals surface area contributed by atoms with Crippen LogP contribution in [0.2, 0.25) is 0 Å². The minimum Gasteiger partial charge on any atom is -0.394 e. The molecule has 198 valence electrons. The van der Waals surface area contributed by atoms with Crippen LogP contribution in [0, 0.1) is 17.5 Å². The summed E-state index contributed by atoms with van der Waals surface area (Å²) in [6, 6.07) is 6.49. The molecule has 4 aromatic rings. The van der Waals surface area contributed by atoms with E-state index in [0.717, 1.165) is 28.3 Å². The minimum atomic E-state index is -1.58. The largest absolute Gasteiger partial charge is 0.394 e. The Morgan fingerprint density at radius 2 is 1.95 bits per heavy atom. The van der Waals surface area contributed by atoms with Crippen LogP contribution in [-0.4, -0.2) is 65.8 Å². The van der Waals surface area contributed by atoms with Crippen molar-refractivity contribution in [1.82, 2.24) is 35.1 Å². The lowest BCUT2D eigenvalue weighted by molar-refractivity contribution is -0.161. The van der Waals surface area contributed by atoms with Gasteiger partial charge in [0.05, 0.1) is 18.8 Å². The summed E-state index contributed by atoms with van der Waals surface area (Å²) in [5, 5.41) is 41.7. The molecule has 2 aromatic heterocycles. The van der Waals surface area contributed by atoms with Crippen LogP contribution in [-0.2, 0) is 4.74 Å². The molecule has 3 heterocycles. The van der Waals surface area contributed by atoms with Gasteiger partial charge in [0.25, 0.3) is 0 Å². The Labute approximate surface area is 214 Å². The van der Waals surface area contributed by atoms with Gasteiger partial charge in [-0.1, -0.05) is 17.9 Å². The molecule has 13 heteroatoms. The SMILES string of the molecule is C=c1cc(-n2cnnc2C2CC(n3cc(-c4cc(F)c(F)c(F)c4)nn3)C(O)C(CO)O2)cc/c1=C/NC. The molecule has 1 fully saturated rings. The van der Waals surface area contributed by atoms with Gasteiger partial charge >= 0.3 is 0 Å². The first kappa shape index (κ1) is 25.6. The third-order valence-electron chi connectivity index (χ3n) is 6.45. The van der Waals surface area contributed by atoms with Gasteiger partial charge in [-0.15, -0.1) is 15.3 Å². The summed E-state index contributed by atoms with van der Waals surface area (Å²) in [5.74, 6) is -3.88. The van der Waals surface area contributed by atoms with E-state index >= 15 is 0 Å². The van der Waals surface area contributed by atoms with Crippen LogP contribution >= 0.6 is 0 Å². The zero-order chi connectivity index (χ0) is 27.0. The van der Waals surface area contributed by atoms with Crippen molar-refractivity contribution in [2.24, 2.45) is 0 Å². The first-order valence-corrected chi connectivity index (χ1v) is 11.7. The first-order chi connectivity index (χ1) is 18.3. The Hall–Kier alpha value is -4.07. The van der Waals surface area contributed by atoms with Gasteiger partial charge in [-0.3, -0.25) is 4.57 Å². The number of ether oxygens (including phenoxy) is 1. The van der Waals surface area contributed by atoms with Gasteiger partial charge in [-0.25, -0.2) is 17.9 Å². The van der Waals surface area contributed by atoms with Crippen molar-refractivity contribution < 1.29 is 28.1 Å². The molecule has 4 unspecified atom stereocenters. The molecule has 10 nitrogen and oxygen atoms in total. The third-order valence-corrected chi connectivity index (χ3v) is 6.45. The second-order valence-corrected chi connectivity index (χ2v) is 8.85. The van der Waals surface area contributed by atoms with Gasteiger partial charge in [0.1, 0.15) is 30.3 Å². The van der Waals surface area contributed by atoms with E-state index < -0.39 is 48.4 Å². The number of rotatable bonds is 6. The average Bonchev–Trinajstić information content (AvgIpc) is 3.59. The highest BCUT2D eigenvalue weighted by atomic mass is 19.2. The van der Waals surface area contributed by atoms with E-state index in [4.69, 9.17) is 4.74 Å².